The van der Waals surface area contributed by atoms with Crippen molar-refractivity contribution in [2.24, 2.45) is 0 Å². The summed E-state index contributed by atoms with van der Waals surface area (Å²) in [7, 11) is 0. The Kier molecular flexibility index (Phi) is 4.73. The summed E-state index contributed by atoms with van der Waals surface area (Å²) in [5, 5.41) is 13.9. The van der Waals surface area contributed by atoms with Gasteiger partial charge in [0.05, 0.1) is 6.54 Å². The zero-order valence-electron chi connectivity index (χ0n) is 14.8. The van der Waals surface area contributed by atoms with E-state index in [4.69, 9.17) is 0 Å². The first kappa shape index (κ1) is 17.4. The average Bonchev–Trinajstić information content (AvgIpc) is 3.02. The van der Waals surface area contributed by atoms with Crippen LogP contribution in [0.4, 0.5) is 4.39 Å². The van der Waals surface area contributed by atoms with Gasteiger partial charge >= 0.3 is 5.97 Å². The maximum absolute atomic E-state index is 13.1. The summed E-state index contributed by atoms with van der Waals surface area (Å²) in [6.07, 6.45) is 0.740. The van der Waals surface area contributed by atoms with E-state index in [1.807, 2.05) is 18.2 Å². The van der Waals surface area contributed by atoms with Crippen LogP contribution in [0.2, 0.25) is 0 Å². The lowest BCUT2D eigenvalue weighted by Crippen LogP contribution is -2.31. The summed E-state index contributed by atoms with van der Waals surface area (Å²) >= 11 is 0. The molecule has 0 bridgehead atoms. The number of carboxylic acid groups (broad SMARTS) is 1. The fraction of sp³-hybridized carbons (Fsp3) is 0.238. The van der Waals surface area contributed by atoms with Gasteiger partial charge < -0.3 is 5.11 Å². The summed E-state index contributed by atoms with van der Waals surface area (Å²) < 4.78 is 14.9. The van der Waals surface area contributed by atoms with Crippen LogP contribution in [0.5, 0.6) is 0 Å². The minimum Gasteiger partial charge on any atom is -0.476 e. The fourth-order valence-electron chi connectivity index (χ4n) is 3.59. The highest BCUT2D eigenvalue weighted by molar-refractivity contribution is 5.87. The van der Waals surface area contributed by atoms with E-state index in [2.05, 4.69) is 22.1 Å². The Bertz CT molecular complexity index is 952. The highest BCUT2D eigenvalue weighted by atomic mass is 19.1. The maximum atomic E-state index is 13.1. The second kappa shape index (κ2) is 7.32. The molecule has 1 aromatic heterocycles. The SMILES string of the molecule is O=C(O)c1nn(Cc2ccc(F)cc2)c2c1CN(Cc1ccccc1)CC2. The number of aromatic carboxylic acids is 1. The van der Waals surface area contributed by atoms with E-state index in [1.165, 1.54) is 17.7 Å². The molecule has 2 aromatic carbocycles. The van der Waals surface area contributed by atoms with Gasteiger partial charge in [-0.05, 0) is 23.3 Å². The normalized spacial score (nSPS) is 14.1. The van der Waals surface area contributed by atoms with Gasteiger partial charge in [0.2, 0.25) is 0 Å². The smallest absolute Gasteiger partial charge is 0.356 e. The van der Waals surface area contributed by atoms with Crippen LogP contribution in [0.1, 0.15) is 32.9 Å². The van der Waals surface area contributed by atoms with Crippen LogP contribution in [0.15, 0.2) is 54.6 Å². The molecule has 4 rings (SSSR count). The van der Waals surface area contributed by atoms with Crippen molar-refractivity contribution in [1.82, 2.24) is 14.7 Å². The molecule has 1 aliphatic rings. The van der Waals surface area contributed by atoms with Crippen LogP contribution in [0.3, 0.4) is 0 Å². The number of halogens is 1. The molecule has 27 heavy (non-hydrogen) atoms. The molecule has 2 heterocycles. The third-order valence-electron chi connectivity index (χ3n) is 4.91. The molecule has 3 aromatic rings. The van der Waals surface area contributed by atoms with Gasteiger partial charge in [-0.15, -0.1) is 0 Å². The molecule has 5 nitrogen and oxygen atoms in total. The average molecular weight is 365 g/mol. The van der Waals surface area contributed by atoms with Gasteiger partial charge in [0, 0.05) is 37.3 Å². The van der Waals surface area contributed by atoms with Crippen molar-refractivity contribution in [1.29, 1.82) is 0 Å². The van der Waals surface area contributed by atoms with Crippen molar-refractivity contribution >= 4 is 5.97 Å². The molecular weight excluding hydrogens is 345 g/mol. The minimum absolute atomic E-state index is 0.116. The van der Waals surface area contributed by atoms with Crippen LogP contribution >= 0.6 is 0 Å². The zero-order valence-corrected chi connectivity index (χ0v) is 14.8. The molecule has 0 amide bonds. The van der Waals surface area contributed by atoms with Gasteiger partial charge in [-0.1, -0.05) is 42.5 Å². The Hall–Kier alpha value is -2.99. The molecule has 0 saturated heterocycles. The third kappa shape index (κ3) is 3.75. The monoisotopic (exact) mass is 365 g/mol. The molecule has 0 radical (unpaired) electrons. The molecule has 0 atom stereocenters. The summed E-state index contributed by atoms with van der Waals surface area (Å²) in [5.74, 6) is -1.30. The van der Waals surface area contributed by atoms with E-state index >= 15 is 0 Å². The molecule has 0 saturated carbocycles. The Labute approximate surface area is 156 Å². The maximum Gasteiger partial charge on any atom is 0.356 e. The van der Waals surface area contributed by atoms with Crippen LogP contribution < -0.4 is 0 Å². The summed E-state index contributed by atoms with van der Waals surface area (Å²) in [6, 6.07) is 16.4. The Balaban J connectivity index is 1.59. The van der Waals surface area contributed by atoms with Gasteiger partial charge in [-0.25, -0.2) is 9.18 Å². The van der Waals surface area contributed by atoms with Gasteiger partial charge in [0.25, 0.3) is 0 Å². The topological polar surface area (TPSA) is 58.4 Å². The lowest BCUT2D eigenvalue weighted by molar-refractivity contribution is 0.0686. The van der Waals surface area contributed by atoms with Crippen molar-refractivity contribution in [2.75, 3.05) is 6.54 Å². The van der Waals surface area contributed by atoms with Crippen molar-refractivity contribution in [3.8, 4) is 0 Å². The molecular formula is C21H20FN3O2. The van der Waals surface area contributed by atoms with Crippen LogP contribution in [0, 0.1) is 5.82 Å². The zero-order chi connectivity index (χ0) is 18.8. The van der Waals surface area contributed by atoms with Crippen LogP contribution in [-0.2, 0) is 26.1 Å². The van der Waals surface area contributed by atoms with E-state index in [0.29, 0.717) is 13.1 Å². The van der Waals surface area contributed by atoms with Gasteiger partial charge in [-0.3, -0.25) is 9.58 Å². The summed E-state index contributed by atoms with van der Waals surface area (Å²) in [5.41, 5.74) is 3.96. The largest absolute Gasteiger partial charge is 0.476 e. The highest BCUT2D eigenvalue weighted by Gasteiger charge is 2.28. The molecule has 0 spiro atoms. The highest BCUT2D eigenvalue weighted by Crippen LogP contribution is 2.25. The van der Waals surface area contributed by atoms with Gasteiger partial charge in [0.1, 0.15) is 5.82 Å². The van der Waals surface area contributed by atoms with E-state index in [-0.39, 0.29) is 11.5 Å². The molecule has 0 unspecified atom stereocenters. The first-order chi connectivity index (χ1) is 13.1. The first-order valence-corrected chi connectivity index (χ1v) is 8.93. The number of benzene rings is 2. The van der Waals surface area contributed by atoms with E-state index in [9.17, 15) is 14.3 Å². The number of rotatable bonds is 5. The molecule has 138 valence electrons. The Morgan fingerprint density at radius 1 is 1.04 bits per heavy atom. The third-order valence-corrected chi connectivity index (χ3v) is 4.91. The lowest BCUT2D eigenvalue weighted by atomic mass is 10.0. The predicted octanol–water partition coefficient (Wildman–Crippen LogP) is 3.33. The fourth-order valence-corrected chi connectivity index (χ4v) is 3.59. The molecule has 0 aliphatic carbocycles. The Morgan fingerprint density at radius 2 is 1.74 bits per heavy atom. The van der Waals surface area contributed by atoms with Crippen molar-refractivity contribution in [3.63, 3.8) is 0 Å². The van der Waals surface area contributed by atoms with Crippen LogP contribution in [0.25, 0.3) is 0 Å². The molecule has 1 N–H and O–H groups in total. The standard InChI is InChI=1S/C21H20FN3O2/c22-17-8-6-16(7-9-17)13-25-19-10-11-24(12-15-4-2-1-3-5-15)14-18(19)20(23-25)21(26)27/h1-9H,10-14H2,(H,26,27). The van der Waals surface area contributed by atoms with E-state index < -0.39 is 5.97 Å². The molecule has 0 fully saturated rings. The number of fused-ring (bicyclic) bond motifs is 1. The predicted molar refractivity (Wildman–Crippen MR) is 98.9 cm³/mol. The minimum atomic E-state index is -1.01. The first-order valence-electron chi connectivity index (χ1n) is 8.93. The van der Waals surface area contributed by atoms with Gasteiger partial charge in [0.15, 0.2) is 5.69 Å². The number of carboxylic acids is 1. The van der Waals surface area contributed by atoms with Crippen molar-refractivity contribution in [3.05, 3.63) is 88.5 Å². The summed E-state index contributed by atoms with van der Waals surface area (Å²) in [6.45, 7) is 2.63. The quantitative estimate of drug-likeness (QED) is 0.754. The number of hydrogen-bond donors (Lipinski definition) is 1. The molecule has 6 heteroatoms. The number of nitrogens with zero attached hydrogens (tertiary/aromatic N) is 3. The summed E-state index contributed by atoms with van der Waals surface area (Å²) in [4.78, 5) is 13.9. The second-order valence-electron chi connectivity index (χ2n) is 6.81. The lowest BCUT2D eigenvalue weighted by Gasteiger charge is -2.27. The number of aromatic nitrogens is 2. The van der Waals surface area contributed by atoms with Crippen molar-refractivity contribution < 1.29 is 14.3 Å². The number of hydrogen-bond acceptors (Lipinski definition) is 3. The number of carbonyl (C=O) groups is 1. The van der Waals surface area contributed by atoms with E-state index in [0.717, 1.165) is 36.3 Å². The Morgan fingerprint density at radius 3 is 2.44 bits per heavy atom. The second-order valence-corrected chi connectivity index (χ2v) is 6.81. The van der Waals surface area contributed by atoms with Crippen molar-refractivity contribution in [2.45, 2.75) is 26.1 Å². The van der Waals surface area contributed by atoms with E-state index in [1.54, 1.807) is 16.8 Å². The molecule has 1 aliphatic heterocycles. The van der Waals surface area contributed by atoms with Crippen LogP contribution in [-0.4, -0.2) is 32.3 Å². The van der Waals surface area contributed by atoms with Gasteiger partial charge in [-0.2, -0.15) is 5.10 Å².